The molecule has 1 aromatic heterocycles. The Kier molecular flexibility index (Phi) is 5.08. The molecule has 0 saturated carbocycles. The van der Waals surface area contributed by atoms with Gasteiger partial charge in [-0.3, -0.25) is 14.6 Å². The Balaban J connectivity index is 1.73. The molecule has 0 aliphatic carbocycles. The fourth-order valence-electron chi connectivity index (χ4n) is 2.84. The maximum absolute atomic E-state index is 13.4. The van der Waals surface area contributed by atoms with Crippen LogP contribution in [0.25, 0.3) is 0 Å². The van der Waals surface area contributed by atoms with Gasteiger partial charge >= 0.3 is 0 Å². The van der Waals surface area contributed by atoms with Gasteiger partial charge in [0.1, 0.15) is 11.9 Å². The van der Waals surface area contributed by atoms with Crippen LogP contribution in [0.5, 0.6) is 0 Å². The number of carbonyl (C=O) groups excluding carboxylic acids is 2. The van der Waals surface area contributed by atoms with Crippen LogP contribution in [0, 0.1) is 17.1 Å². The van der Waals surface area contributed by atoms with Crippen LogP contribution in [0.4, 0.5) is 10.1 Å². The van der Waals surface area contributed by atoms with Crippen LogP contribution >= 0.6 is 11.6 Å². The summed E-state index contributed by atoms with van der Waals surface area (Å²) in [5.74, 6) is -2.26. The molecule has 0 spiro atoms. The normalized spacial score (nSPS) is 19.0. The molecule has 2 aromatic rings. The molecule has 9 heteroatoms. The van der Waals surface area contributed by atoms with Crippen molar-refractivity contribution in [2.75, 3.05) is 11.4 Å². The van der Waals surface area contributed by atoms with E-state index in [4.69, 9.17) is 16.9 Å². The molecule has 1 fully saturated rings. The maximum Gasteiger partial charge on any atom is 0.268 e. The van der Waals surface area contributed by atoms with Crippen LogP contribution in [0.3, 0.4) is 0 Å². The molecule has 0 unspecified atom stereocenters. The average molecular weight is 389 g/mol. The summed E-state index contributed by atoms with van der Waals surface area (Å²) in [6, 6.07) is 7.15. The number of carbonyl (C=O) groups is 2. The number of hydrogen-bond donors (Lipinski definition) is 2. The number of nitrogens with zero attached hydrogens (tertiary/aromatic N) is 3. The predicted molar refractivity (Wildman–Crippen MR) is 94.1 cm³/mol. The van der Waals surface area contributed by atoms with Crippen molar-refractivity contribution in [1.82, 2.24) is 10.3 Å². The first kappa shape index (κ1) is 18.8. The average Bonchev–Trinajstić information content (AvgIpc) is 2.95. The number of pyridine rings is 1. The monoisotopic (exact) mass is 388 g/mol. The summed E-state index contributed by atoms with van der Waals surface area (Å²) in [7, 11) is 0. The van der Waals surface area contributed by atoms with Crippen molar-refractivity contribution >= 4 is 29.1 Å². The molecule has 7 nitrogen and oxygen atoms in total. The number of rotatable bonds is 4. The summed E-state index contributed by atoms with van der Waals surface area (Å²) in [6.07, 6.45) is 2.59. The highest BCUT2D eigenvalue weighted by Crippen LogP contribution is 2.28. The molecule has 0 radical (unpaired) electrons. The number of aliphatic hydroxyl groups is 1. The molecule has 0 bridgehead atoms. The summed E-state index contributed by atoms with van der Waals surface area (Å²) in [5.41, 5.74) is -1.28. The maximum atomic E-state index is 13.4. The summed E-state index contributed by atoms with van der Waals surface area (Å²) in [5, 5.41) is 22.1. The molecule has 138 valence electrons. The predicted octanol–water partition coefficient (Wildman–Crippen LogP) is 1.53. The van der Waals surface area contributed by atoms with E-state index in [-0.39, 0.29) is 30.1 Å². The minimum absolute atomic E-state index is 0.0884. The smallest absolute Gasteiger partial charge is 0.268 e. The molecule has 2 N–H and O–H groups in total. The van der Waals surface area contributed by atoms with Crippen LogP contribution in [-0.2, 0) is 16.1 Å². The largest absolute Gasteiger partial charge is 0.372 e. The number of amides is 2. The molecule has 1 saturated heterocycles. The molecule has 2 heterocycles. The molecular weight excluding hydrogens is 375 g/mol. The molecule has 2 amide bonds. The van der Waals surface area contributed by atoms with Gasteiger partial charge in [0.25, 0.3) is 11.8 Å². The highest BCUT2D eigenvalue weighted by atomic mass is 35.5. The second-order valence-corrected chi connectivity index (χ2v) is 6.51. The number of aromatic nitrogens is 1. The third kappa shape index (κ3) is 3.74. The number of anilines is 1. The fourth-order valence-corrected chi connectivity index (χ4v) is 3.08. The lowest BCUT2D eigenvalue weighted by molar-refractivity contribution is -0.149. The Labute approximate surface area is 159 Å². The quantitative estimate of drug-likeness (QED) is 0.772. The summed E-state index contributed by atoms with van der Waals surface area (Å²) < 4.78 is 13.4. The second-order valence-electron chi connectivity index (χ2n) is 6.07. The Morgan fingerprint density at radius 2 is 2.19 bits per heavy atom. The minimum Gasteiger partial charge on any atom is -0.372 e. The molecule has 1 aromatic carbocycles. The zero-order valence-corrected chi connectivity index (χ0v) is 14.7. The minimum atomic E-state index is -2.25. The fraction of sp³-hybridized carbons (Fsp3) is 0.222. The number of nitrogens with one attached hydrogen (secondary N) is 1. The Hall–Kier alpha value is -3.02. The van der Waals surface area contributed by atoms with Crippen LogP contribution < -0.4 is 10.2 Å². The van der Waals surface area contributed by atoms with E-state index in [0.29, 0.717) is 11.3 Å². The lowest BCUT2D eigenvalue weighted by atomic mass is 10.0. The molecule has 1 aliphatic heterocycles. The van der Waals surface area contributed by atoms with Gasteiger partial charge in [-0.2, -0.15) is 5.26 Å². The SMILES string of the molecule is N#Cc1cncc(N2CC[C@](O)(C(=O)NCc3cc(F)cc(Cl)c3)C2=O)c1. The van der Waals surface area contributed by atoms with Crippen molar-refractivity contribution in [3.63, 3.8) is 0 Å². The van der Waals surface area contributed by atoms with Crippen molar-refractivity contribution in [2.45, 2.75) is 18.6 Å². The highest BCUT2D eigenvalue weighted by molar-refractivity contribution is 6.30. The standard InChI is InChI=1S/C18H14ClFN4O3/c19-13-3-11(4-14(20)6-13)9-23-16(25)18(27)1-2-24(17(18)26)15-5-12(7-21)8-22-10-15/h3-6,8,10,27H,1-2,9H2,(H,23,25)/t18-/m0/s1. The van der Waals surface area contributed by atoms with Gasteiger partial charge in [0, 0.05) is 30.7 Å². The zero-order valence-electron chi connectivity index (χ0n) is 13.9. The summed E-state index contributed by atoms with van der Waals surface area (Å²) in [6.45, 7) is -0.0114. The van der Waals surface area contributed by atoms with Gasteiger partial charge in [-0.05, 0) is 29.8 Å². The molecule has 1 aliphatic rings. The lowest BCUT2D eigenvalue weighted by Crippen LogP contribution is -2.52. The van der Waals surface area contributed by atoms with Crippen LogP contribution in [0.15, 0.2) is 36.7 Å². The number of hydrogen-bond acceptors (Lipinski definition) is 5. The molecule has 27 heavy (non-hydrogen) atoms. The van der Waals surface area contributed by atoms with E-state index >= 15 is 0 Å². The molecular formula is C18H14ClFN4O3. The first-order chi connectivity index (χ1) is 12.8. The lowest BCUT2D eigenvalue weighted by Gasteiger charge is -2.21. The van der Waals surface area contributed by atoms with Gasteiger partial charge in [0.15, 0.2) is 0 Å². The van der Waals surface area contributed by atoms with E-state index in [1.807, 2.05) is 6.07 Å². The van der Waals surface area contributed by atoms with Crippen molar-refractivity contribution in [1.29, 1.82) is 5.26 Å². The van der Waals surface area contributed by atoms with Crippen LogP contribution in [0.1, 0.15) is 17.5 Å². The number of benzene rings is 1. The van der Waals surface area contributed by atoms with Crippen molar-refractivity contribution in [2.24, 2.45) is 0 Å². The topological polar surface area (TPSA) is 106 Å². The third-order valence-electron chi connectivity index (χ3n) is 4.21. The van der Waals surface area contributed by atoms with Gasteiger partial charge in [-0.1, -0.05) is 11.6 Å². The zero-order chi connectivity index (χ0) is 19.6. The van der Waals surface area contributed by atoms with E-state index in [9.17, 15) is 19.1 Å². The van der Waals surface area contributed by atoms with Gasteiger partial charge < -0.3 is 15.3 Å². The molecule has 1 atom stereocenters. The van der Waals surface area contributed by atoms with Gasteiger partial charge in [0.2, 0.25) is 5.60 Å². The summed E-state index contributed by atoms with van der Waals surface area (Å²) in [4.78, 5) is 30.1. The van der Waals surface area contributed by atoms with E-state index in [1.165, 1.54) is 35.5 Å². The van der Waals surface area contributed by atoms with E-state index in [0.717, 1.165) is 6.07 Å². The van der Waals surface area contributed by atoms with Gasteiger partial charge in [0.05, 0.1) is 17.4 Å². The molecule has 3 rings (SSSR count). The Morgan fingerprint density at radius 3 is 2.89 bits per heavy atom. The van der Waals surface area contributed by atoms with Crippen LogP contribution in [0.2, 0.25) is 5.02 Å². The number of nitriles is 1. The van der Waals surface area contributed by atoms with Crippen LogP contribution in [-0.4, -0.2) is 34.1 Å². The summed E-state index contributed by atoms with van der Waals surface area (Å²) >= 11 is 5.76. The highest BCUT2D eigenvalue weighted by Gasteiger charge is 2.51. The van der Waals surface area contributed by atoms with E-state index in [1.54, 1.807) is 0 Å². The van der Waals surface area contributed by atoms with Crippen molar-refractivity contribution < 1.29 is 19.1 Å². The first-order valence-electron chi connectivity index (χ1n) is 7.96. The van der Waals surface area contributed by atoms with E-state index in [2.05, 4.69) is 10.3 Å². The third-order valence-corrected chi connectivity index (χ3v) is 4.43. The van der Waals surface area contributed by atoms with Gasteiger partial charge in [-0.15, -0.1) is 0 Å². The van der Waals surface area contributed by atoms with Gasteiger partial charge in [-0.25, -0.2) is 4.39 Å². The number of halogens is 2. The second kappa shape index (κ2) is 7.31. The van der Waals surface area contributed by atoms with Crippen molar-refractivity contribution in [3.8, 4) is 6.07 Å². The van der Waals surface area contributed by atoms with Crippen molar-refractivity contribution in [3.05, 3.63) is 58.6 Å². The van der Waals surface area contributed by atoms with E-state index < -0.39 is 23.2 Å². The Morgan fingerprint density at radius 1 is 1.41 bits per heavy atom. The first-order valence-corrected chi connectivity index (χ1v) is 8.34. The Bertz CT molecular complexity index is 942.